The number of rotatable bonds is 3. The molecule has 2 saturated carbocycles. The van der Waals surface area contributed by atoms with Crippen molar-refractivity contribution >= 4 is 11.8 Å². The molecule has 4 rings (SSSR count). The normalized spacial score (nSPS) is 32.8. The molecule has 4 heteroatoms. The highest BCUT2D eigenvalue weighted by molar-refractivity contribution is 5.84. The van der Waals surface area contributed by atoms with Crippen LogP contribution in [0.1, 0.15) is 51.4 Å². The molecule has 1 heterocycles. The average molecular weight is 342 g/mol. The lowest BCUT2D eigenvalue weighted by molar-refractivity contribution is -0.0688. The summed E-state index contributed by atoms with van der Waals surface area (Å²) < 4.78 is 6.01. The predicted molar refractivity (Wildman–Crippen MR) is 99.6 cm³/mol. The highest BCUT2D eigenvalue weighted by Gasteiger charge is 2.46. The molecule has 2 aliphatic carbocycles. The van der Waals surface area contributed by atoms with Crippen molar-refractivity contribution in [2.24, 2.45) is 11.8 Å². The largest absolute Gasteiger partial charge is 0.445 e. The molecule has 1 saturated heterocycles. The summed E-state index contributed by atoms with van der Waals surface area (Å²) in [7, 11) is 0. The fraction of sp³-hybridized carbons (Fsp3) is 0.667. The minimum absolute atomic E-state index is 0.0955. The van der Waals surface area contributed by atoms with Crippen molar-refractivity contribution in [2.75, 3.05) is 18.4 Å². The Morgan fingerprint density at radius 3 is 2.56 bits per heavy atom. The van der Waals surface area contributed by atoms with Gasteiger partial charge in [-0.25, -0.2) is 4.79 Å². The van der Waals surface area contributed by atoms with Gasteiger partial charge in [-0.05, 0) is 69.7 Å². The zero-order valence-corrected chi connectivity index (χ0v) is 15.0. The summed E-state index contributed by atoms with van der Waals surface area (Å²) in [6, 6.07) is 10.2. The molecular weight excluding hydrogens is 312 g/mol. The number of likely N-dealkylation sites (tertiary alicyclic amines) is 1. The lowest BCUT2D eigenvalue weighted by Crippen LogP contribution is -2.54. The second-order valence-electron chi connectivity index (χ2n) is 7.96. The van der Waals surface area contributed by atoms with Crippen LogP contribution in [0.2, 0.25) is 0 Å². The van der Waals surface area contributed by atoms with E-state index in [0.29, 0.717) is 17.9 Å². The third kappa shape index (κ3) is 3.84. The number of hydrogen-bond acceptors (Lipinski definition) is 3. The van der Waals surface area contributed by atoms with Crippen LogP contribution in [0.3, 0.4) is 0 Å². The third-order valence-corrected chi connectivity index (χ3v) is 6.45. The number of nitrogens with one attached hydrogen (secondary N) is 1. The first-order valence-electron chi connectivity index (χ1n) is 10.1. The van der Waals surface area contributed by atoms with Gasteiger partial charge in [-0.15, -0.1) is 0 Å². The van der Waals surface area contributed by atoms with Crippen molar-refractivity contribution in [2.45, 2.75) is 63.5 Å². The summed E-state index contributed by atoms with van der Waals surface area (Å²) in [5.41, 5.74) is 0.807. The average Bonchev–Trinajstić information content (AvgIpc) is 2.63. The Bertz CT molecular complexity index is 571. The summed E-state index contributed by atoms with van der Waals surface area (Å²) >= 11 is 0. The molecule has 3 aliphatic rings. The minimum Gasteiger partial charge on any atom is -0.445 e. The summed E-state index contributed by atoms with van der Waals surface area (Å²) in [5.74, 6) is 1.08. The van der Waals surface area contributed by atoms with E-state index in [-0.39, 0.29) is 12.2 Å². The summed E-state index contributed by atoms with van der Waals surface area (Å²) in [4.78, 5) is 15.1. The van der Waals surface area contributed by atoms with Crippen LogP contribution in [0.5, 0.6) is 0 Å². The van der Waals surface area contributed by atoms with Gasteiger partial charge in [0.1, 0.15) is 6.10 Å². The van der Waals surface area contributed by atoms with E-state index >= 15 is 0 Å². The van der Waals surface area contributed by atoms with E-state index in [9.17, 15) is 4.79 Å². The molecule has 1 aromatic rings. The maximum absolute atomic E-state index is 12.4. The highest BCUT2D eigenvalue weighted by Crippen LogP contribution is 2.44. The standard InChI is InChI=1S/C21H30N2O2/c24-21(22-17-9-3-1-4-10-17)25-20-16-8-7-11-18(20)19(13-12-16)23-14-5-2-6-15-23/h1,3-4,9-10,16,18-20H,2,5-8,11-15H2,(H,22,24)/t16-,18-,19+,20+/m1/s1. The molecule has 0 radical (unpaired) electrons. The van der Waals surface area contributed by atoms with Gasteiger partial charge in [0.2, 0.25) is 0 Å². The summed E-state index contributed by atoms with van der Waals surface area (Å²) in [6.07, 6.45) is 10.0. The van der Waals surface area contributed by atoms with Crippen LogP contribution in [-0.2, 0) is 4.74 Å². The molecule has 0 spiro atoms. The summed E-state index contributed by atoms with van der Waals surface area (Å²) in [6.45, 7) is 2.46. The van der Waals surface area contributed by atoms with Gasteiger partial charge in [0.05, 0.1) is 0 Å². The number of ether oxygens (including phenoxy) is 1. The van der Waals surface area contributed by atoms with Gasteiger partial charge >= 0.3 is 6.09 Å². The molecule has 3 fully saturated rings. The molecule has 1 N–H and O–H groups in total. The molecular formula is C21H30N2O2. The Hall–Kier alpha value is -1.55. The lowest BCUT2D eigenvalue weighted by atomic mass is 9.67. The number of para-hydroxylation sites is 1. The van der Waals surface area contributed by atoms with E-state index in [1.165, 1.54) is 64.5 Å². The minimum atomic E-state index is -0.285. The first kappa shape index (κ1) is 16.9. The quantitative estimate of drug-likeness (QED) is 0.868. The maximum atomic E-state index is 12.4. The van der Waals surface area contributed by atoms with Gasteiger partial charge in [-0.3, -0.25) is 10.2 Å². The van der Waals surface area contributed by atoms with Crippen LogP contribution in [-0.4, -0.2) is 36.2 Å². The van der Waals surface area contributed by atoms with Crippen molar-refractivity contribution in [3.8, 4) is 0 Å². The highest BCUT2D eigenvalue weighted by atomic mass is 16.6. The second kappa shape index (κ2) is 7.77. The van der Waals surface area contributed by atoms with Crippen LogP contribution < -0.4 is 5.32 Å². The Morgan fingerprint density at radius 2 is 1.76 bits per heavy atom. The van der Waals surface area contributed by atoms with Crippen LogP contribution in [0.4, 0.5) is 10.5 Å². The van der Waals surface area contributed by atoms with Crippen LogP contribution >= 0.6 is 0 Å². The van der Waals surface area contributed by atoms with E-state index in [1.54, 1.807) is 0 Å². The third-order valence-electron chi connectivity index (χ3n) is 6.45. The van der Waals surface area contributed by atoms with Gasteiger partial charge in [0.25, 0.3) is 0 Å². The fourth-order valence-corrected chi connectivity index (χ4v) is 5.29. The van der Waals surface area contributed by atoms with Crippen molar-refractivity contribution in [1.29, 1.82) is 0 Å². The molecule has 4 atom stereocenters. The van der Waals surface area contributed by atoms with E-state index in [1.807, 2.05) is 30.3 Å². The lowest BCUT2D eigenvalue weighted by Gasteiger charge is -2.50. The van der Waals surface area contributed by atoms with E-state index in [4.69, 9.17) is 4.74 Å². The number of amides is 1. The zero-order chi connectivity index (χ0) is 17.1. The molecule has 2 bridgehead atoms. The number of hydrogen-bond donors (Lipinski definition) is 1. The molecule has 0 aromatic heterocycles. The Morgan fingerprint density at radius 1 is 0.960 bits per heavy atom. The molecule has 1 aromatic carbocycles. The van der Waals surface area contributed by atoms with Crippen molar-refractivity contribution in [3.63, 3.8) is 0 Å². The number of carbonyl (C=O) groups is 1. The number of piperidine rings is 1. The van der Waals surface area contributed by atoms with Gasteiger partial charge in [0, 0.05) is 17.6 Å². The van der Waals surface area contributed by atoms with Crippen LogP contribution in [0.25, 0.3) is 0 Å². The number of anilines is 1. The monoisotopic (exact) mass is 342 g/mol. The molecule has 0 unspecified atom stereocenters. The predicted octanol–water partition coefficient (Wildman–Crippen LogP) is 4.67. The zero-order valence-electron chi connectivity index (χ0n) is 15.0. The Kier molecular flexibility index (Phi) is 5.25. The van der Waals surface area contributed by atoms with Crippen molar-refractivity contribution in [3.05, 3.63) is 30.3 Å². The molecule has 136 valence electrons. The Balaban J connectivity index is 1.42. The second-order valence-corrected chi connectivity index (χ2v) is 7.96. The van der Waals surface area contributed by atoms with Crippen LogP contribution in [0.15, 0.2) is 30.3 Å². The fourth-order valence-electron chi connectivity index (χ4n) is 5.29. The topological polar surface area (TPSA) is 41.6 Å². The molecule has 4 nitrogen and oxygen atoms in total. The Labute approximate surface area is 150 Å². The number of benzene rings is 1. The first-order chi connectivity index (χ1) is 12.3. The van der Waals surface area contributed by atoms with Gasteiger partial charge in [-0.2, -0.15) is 0 Å². The van der Waals surface area contributed by atoms with Gasteiger partial charge < -0.3 is 4.74 Å². The number of fused-ring (bicyclic) bond motifs is 2. The summed E-state index contributed by atoms with van der Waals surface area (Å²) in [5, 5.41) is 2.90. The SMILES string of the molecule is O=C(Nc1ccccc1)O[C@H]1[C@@H]2CCC[C@@H]1[C@@H](N1CCCCC1)CC2. The van der Waals surface area contributed by atoms with E-state index < -0.39 is 0 Å². The maximum Gasteiger partial charge on any atom is 0.411 e. The number of nitrogens with zero attached hydrogens (tertiary/aromatic N) is 1. The van der Waals surface area contributed by atoms with Gasteiger partial charge in [-0.1, -0.05) is 31.0 Å². The van der Waals surface area contributed by atoms with Gasteiger partial charge in [0.15, 0.2) is 0 Å². The smallest absolute Gasteiger partial charge is 0.411 e. The molecule has 1 aliphatic heterocycles. The van der Waals surface area contributed by atoms with Crippen LogP contribution in [0, 0.1) is 11.8 Å². The molecule has 25 heavy (non-hydrogen) atoms. The van der Waals surface area contributed by atoms with E-state index in [2.05, 4.69) is 10.2 Å². The first-order valence-corrected chi connectivity index (χ1v) is 10.1. The van der Waals surface area contributed by atoms with Crippen molar-refractivity contribution < 1.29 is 9.53 Å². The number of carbonyl (C=O) groups excluding carboxylic acids is 1. The molecule has 1 amide bonds. The van der Waals surface area contributed by atoms with E-state index in [0.717, 1.165) is 5.69 Å². The van der Waals surface area contributed by atoms with Crippen molar-refractivity contribution in [1.82, 2.24) is 4.90 Å².